The number of amides is 3. The maximum atomic E-state index is 12.9. The summed E-state index contributed by atoms with van der Waals surface area (Å²) in [5.74, 6) is -0.747. The summed E-state index contributed by atoms with van der Waals surface area (Å²) in [6.07, 6.45) is 1.98. The van der Waals surface area contributed by atoms with Gasteiger partial charge < -0.3 is 15.0 Å². The number of nitrogens with zero attached hydrogens (tertiary/aromatic N) is 2. The average molecular weight is 423 g/mol. The molecule has 0 aromatic heterocycles. The molecule has 7 nitrogen and oxygen atoms in total. The SMILES string of the molecule is CSc1ccc([C@@H]2NC(=O)N(CC(=O)N(C)c3ccccc3)C3=C2C(=O)OC3)cc1. The maximum absolute atomic E-state index is 12.9. The number of cyclic esters (lactones) is 1. The zero-order valence-corrected chi connectivity index (χ0v) is 17.4. The van der Waals surface area contributed by atoms with Gasteiger partial charge in [0.25, 0.3) is 0 Å². The minimum Gasteiger partial charge on any atom is -0.456 e. The van der Waals surface area contributed by atoms with Gasteiger partial charge in [0.05, 0.1) is 17.3 Å². The number of ether oxygens (including phenoxy) is 1. The monoisotopic (exact) mass is 423 g/mol. The van der Waals surface area contributed by atoms with Gasteiger partial charge in [-0.25, -0.2) is 9.59 Å². The van der Waals surface area contributed by atoms with Crippen molar-refractivity contribution in [1.82, 2.24) is 10.2 Å². The van der Waals surface area contributed by atoms with Crippen LogP contribution >= 0.6 is 11.8 Å². The molecule has 0 saturated heterocycles. The average Bonchev–Trinajstić information content (AvgIpc) is 3.17. The Hall–Kier alpha value is -3.26. The zero-order chi connectivity index (χ0) is 21.3. The number of anilines is 1. The van der Waals surface area contributed by atoms with E-state index in [-0.39, 0.29) is 19.1 Å². The fraction of sp³-hybridized carbons (Fsp3) is 0.227. The second-order valence-corrected chi connectivity index (χ2v) is 7.85. The van der Waals surface area contributed by atoms with E-state index in [0.29, 0.717) is 11.3 Å². The van der Waals surface area contributed by atoms with Crippen LogP contribution in [0.1, 0.15) is 11.6 Å². The standard InChI is InChI=1S/C22H21N3O4S/c1-24(15-6-4-3-5-7-15)18(26)12-25-17-13-29-21(27)19(17)20(23-22(25)28)14-8-10-16(30-2)11-9-14/h3-11,20H,12-13H2,1-2H3,(H,23,28)/t20-/m0/s1. The highest BCUT2D eigenvalue weighted by molar-refractivity contribution is 7.98. The lowest BCUT2D eigenvalue weighted by molar-refractivity contribution is -0.136. The molecule has 154 valence electrons. The van der Waals surface area contributed by atoms with Crippen LogP contribution < -0.4 is 10.2 Å². The number of rotatable bonds is 5. The van der Waals surface area contributed by atoms with Crippen molar-refractivity contribution in [3.05, 3.63) is 71.4 Å². The Morgan fingerprint density at radius 3 is 2.53 bits per heavy atom. The molecule has 0 bridgehead atoms. The number of carbonyl (C=O) groups is 3. The number of hydrogen-bond donors (Lipinski definition) is 1. The van der Waals surface area contributed by atoms with Gasteiger partial charge in [-0.05, 0) is 36.1 Å². The van der Waals surface area contributed by atoms with Crippen LogP contribution in [-0.4, -0.2) is 49.3 Å². The quantitative estimate of drug-likeness (QED) is 0.591. The minimum atomic E-state index is -0.600. The van der Waals surface area contributed by atoms with Crippen LogP contribution in [0.25, 0.3) is 0 Å². The number of para-hydroxylation sites is 1. The van der Waals surface area contributed by atoms with Crippen molar-refractivity contribution in [3.8, 4) is 0 Å². The molecule has 2 heterocycles. The molecule has 2 aliphatic heterocycles. The molecule has 0 aliphatic carbocycles. The first-order valence-corrected chi connectivity index (χ1v) is 10.7. The van der Waals surface area contributed by atoms with Crippen LogP contribution in [0, 0.1) is 0 Å². The van der Waals surface area contributed by atoms with Gasteiger partial charge in [-0.1, -0.05) is 30.3 Å². The van der Waals surface area contributed by atoms with Gasteiger partial charge in [0.1, 0.15) is 13.2 Å². The lowest BCUT2D eigenvalue weighted by Crippen LogP contribution is -2.50. The number of esters is 1. The fourth-order valence-electron chi connectivity index (χ4n) is 3.56. The fourth-order valence-corrected chi connectivity index (χ4v) is 3.97. The molecule has 1 atom stereocenters. The topological polar surface area (TPSA) is 79.0 Å². The first-order chi connectivity index (χ1) is 14.5. The van der Waals surface area contributed by atoms with E-state index in [9.17, 15) is 14.4 Å². The van der Waals surface area contributed by atoms with E-state index >= 15 is 0 Å². The summed E-state index contributed by atoms with van der Waals surface area (Å²) in [6.45, 7) is -0.214. The van der Waals surface area contributed by atoms with Gasteiger partial charge in [0.15, 0.2) is 0 Å². The van der Waals surface area contributed by atoms with E-state index in [0.717, 1.165) is 16.1 Å². The van der Waals surface area contributed by atoms with Gasteiger partial charge >= 0.3 is 12.0 Å². The van der Waals surface area contributed by atoms with Crippen molar-refractivity contribution < 1.29 is 19.1 Å². The molecule has 0 saturated carbocycles. The maximum Gasteiger partial charge on any atom is 0.338 e. The van der Waals surface area contributed by atoms with E-state index in [2.05, 4.69) is 5.32 Å². The van der Waals surface area contributed by atoms with Crippen LogP contribution in [0.4, 0.5) is 10.5 Å². The van der Waals surface area contributed by atoms with Crippen LogP contribution in [-0.2, 0) is 14.3 Å². The van der Waals surface area contributed by atoms with E-state index < -0.39 is 18.0 Å². The van der Waals surface area contributed by atoms with E-state index in [1.165, 1.54) is 9.80 Å². The van der Waals surface area contributed by atoms with Crippen LogP contribution in [0.15, 0.2) is 70.8 Å². The number of urea groups is 1. The molecule has 0 fully saturated rings. The van der Waals surface area contributed by atoms with Gasteiger partial charge in [-0.3, -0.25) is 9.69 Å². The Kier molecular flexibility index (Phi) is 5.50. The van der Waals surface area contributed by atoms with E-state index in [1.807, 2.05) is 60.9 Å². The predicted octanol–water partition coefficient (Wildman–Crippen LogP) is 2.95. The van der Waals surface area contributed by atoms with Crippen molar-refractivity contribution in [1.29, 1.82) is 0 Å². The molecule has 0 unspecified atom stereocenters. The third-order valence-corrected chi connectivity index (χ3v) is 6.00. The Bertz CT molecular complexity index is 1020. The normalized spacial score (nSPS) is 18.1. The summed E-state index contributed by atoms with van der Waals surface area (Å²) >= 11 is 1.61. The third-order valence-electron chi connectivity index (χ3n) is 5.26. The summed E-state index contributed by atoms with van der Waals surface area (Å²) in [7, 11) is 1.65. The van der Waals surface area contributed by atoms with Gasteiger partial charge in [-0.15, -0.1) is 11.8 Å². The first kappa shape index (κ1) is 20.0. The molecular formula is C22H21N3O4S. The highest BCUT2D eigenvalue weighted by Gasteiger charge is 2.42. The Balaban J connectivity index is 1.61. The summed E-state index contributed by atoms with van der Waals surface area (Å²) in [5.41, 5.74) is 2.33. The predicted molar refractivity (Wildman–Crippen MR) is 114 cm³/mol. The van der Waals surface area contributed by atoms with Crippen molar-refractivity contribution in [2.75, 3.05) is 31.4 Å². The molecule has 4 rings (SSSR count). The lowest BCUT2D eigenvalue weighted by Gasteiger charge is -2.33. The number of nitrogens with one attached hydrogen (secondary N) is 1. The minimum absolute atomic E-state index is 0.0245. The summed E-state index contributed by atoms with van der Waals surface area (Å²) in [6, 6.07) is 15.8. The molecule has 2 aromatic carbocycles. The summed E-state index contributed by atoms with van der Waals surface area (Å²) < 4.78 is 5.23. The summed E-state index contributed by atoms with van der Waals surface area (Å²) in [5, 5.41) is 2.86. The molecule has 2 aromatic rings. The van der Waals surface area contributed by atoms with Gasteiger partial charge in [0.2, 0.25) is 5.91 Å². The molecule has 8 heteroatoms. The molecule has 3 amide bonds. The largest absolute Gasteiger partial charge is 0.456 e. The zero-order valence-electron chi connectivity index (χ0n) is 16.6. The number of carbonyl (C=O) groups excluding carboxylic acids is 3. The molecule has 0 radical (unpaired) electrons. The second-order valence-electron chi connectivity index (χ2n) is 6.97. The molecule has 1 N–H and O–H groups in total. The molecule has 2 aliphatic rings. The Morgan fingerprint density at radius 2 is 1.87 bits per heavy atom. The van der Waals surface area contributed by atoms with Crippen LogP contribution in [0.2, 0.25) is 0 Å². The third kappa shape index (κ3) is 3.66. The van der Waals surface area contributed by atoms with Crippen LogP contribution in [0.3, 0.4) is 0 Å². The van der Waals surface area contributed by atoms with Gasteiger partial charge in [-0.2, -0.15) is 0 Å². The highest BCUT2D eigenvalue weighted by atomic mass is 32.2. The van der Waals surface area contributed by atoms with Gasteiger partial charge in [0, 0.05) is 17.6 Å². The second kappa shape index (κ2) is 8.23. The Labute approximate surface area is 178 Å². The highest BCUT2D eigenvalue weighted by Crippen LogP contribution is 2.35. The first-order valence-electron chi connectivity index (χ1n) is 9.43. The van der Waals surface area contributed by atoms with Crippen LogP contribution in [0.5, 0.6) is 0 Å². The molecular weight excluding hydrogens is 402 g/mol. The number of benzene rings is 2. The summed E-state index contributed by atoms with van der Waals surface area (Å²) in [4.78, 5) is 42.0. The van der Waals surface area contributed by atoms with E-state index in [4.69, 9.17) is 4.74 Å². The number of thioether (sulfide) groups is 1. The number of hydrogen-bond acceptors (Lipinski definition) is 5. The van der Waals surface area contributed by atoms with Crippen molar-refractivity contribution in [3.63, 3.8) is 0 Å². The van der Waals surface area contributed by atoms with E-state index in [1.54, 1.807) is 18.8 Å². The number of likely N-dealkylation sites (N-methyl/N-ethyl adjacent to an activating group) is 1. The lowest BCUT2D eigenvalue weighted by atomic mass is 9.96. The van der Waals surface area contributed by atoms with Crippen molar-refractivity contribution in [2.45, 2.75) is 10.9 Å². The Morgan fingerprint density at radius 1 is 1.17 bits per heavy atom. The smallest absolute Gasteiger partial charge is 0.338 e. The molecule has 0 spiro atoms. The van der Waals surface area contributed by atoms with Crippen molar-refractivity contribution >= 4 is 35.4 Å². The van der Waals surface area contributed by atoms with Crippen molar-refractivity contribution in [2.24, 2.45) is 0 Å². The molecule has 30 heavy (non-hydrogen) atoms.